The number of benzene rings is 2. The first kappa shape index (κ1) is 24.5. The Morgan fingerprint density at radius 2 is 1.47 bits per heavy atom. The Morgan fingerprint density at radius 3 is 2.06 bits per heavy atom. The van der Waals surface area contributed by atoms with Crippen LogP contribution < -0.4 is 0 Å². The Morgan fingerprint density at radius 1 is 0.875 bits per heavy atom. The van der Waals surface area contributed by atoms with Crippen molar-refractivity contribution < 1.29 is 13.9 Å². The van der Waals surface area contributed by atoms with E-state index in [1.807, 2.05) is 6.92 Å². The third kappa shape index (κ3) is 7.18. The van der Waals surface area contributed by atoms with Crippen LogP contribution in [0, 0.1) is 0 Å². The molecular formula is C29H39FO2. The summed E-state index contributed by atoms with van der Waals surface area (Å²) in [6, 6.07) is 17.9. The van der Waals surface area contributed by atoms with Crippen LogP contribution in [0.25, 0.3) is 11.1 Å². The van der Waals surface area contributed by atoms with Gasteiger partial charge in [0.05, 0.1) is 0 Å². The van der Waals surface area contributed by atoms with Gasteiger partial charge in [0.15, 0.2) is 6.17 Å². The van der Waals surface area contributed by atoms with Gasteiger partial charge < -0.3 is 4.74 Å². The minimum absolute atomic E-state index is 0.131. The predicted molar refractivity (Wildman–Crippen MR) is 131 cm³/mol. The highest BCUT2D eigenvalue weighted by atomic mass is 19.1. The minimum Gasteiger partial charge on any atom is -0.460 e. The van der Waals surface area contributed by atoms with Crippen LogP contribution in [0.4, 0.5) is 4.39 Å². The van der Waals surface area contributed by atoms with Gasteiger partial charge in [-0.05, 0) is 73.1 Å². The van der Waals surface area contributed by atoms with Crippen LogP contribution in [0.3, 0.4) is 0 Å². The summed E-state index contributed by atoms with van der Waals surface area (Å²) in [7, 11) is 0. The van der Waals surface area contributed by atoms with Crippen LogP contribution >= 0.6 is 0 Å². The molecule has 0 aromatic heterocycles. The number of halogens is 1. The molecule has 3 heteroatoms. The van der Waals surface area contributed by atoms with Crippen molar-refractivity contribution >= 4 is 5.97 Å². The first-order chi connectivity index (χ1) is 15.6. The largest absolute Gasteiger partial charge is 0.460 e. The fourth-order valence-corrected chi connectivity index (χ4v) is 4.64. The summed E-state index contributed by atoms with van der Waals surface area (Å²) in [5, 5.41) is 0. The van der Waals surface area contributed by atoms with E-state index in [9.17, 15) is 9.18 Å². The number of carbonyl (C=O) groups is 1. The normalized spacial score (nSPS) is 19.5. The summed E-state index contributed by atoms with van der Waals surface area (Å²) in [5.74, 6) is -0.177. The molecule has 1 aliphatic rings. The van der Waals surface area contributed by atoms with Crippen molar-refractivity contribution in [2.24, 2.45) is 0 Å². The zero-order chi connectivity index (χ0) is 22.8. The van der Waals surface area contributed by atoms with E-state index >= 15 is 0 Å². The summed E-state index contributed by atoms with van der Waals surface area (Å²) >= 11 is 0. The number of unbranched alkanes of at least 4 members (excludes halogenated alkanes) is 3. The van der Waals surface area contributed by atoms with Crippen molar-refractivity contribution in [3.8, 4) is 11.1 Å². The third-order valence-electron chi connectivity index (χ3n) is 6.76. The number of rotatable bonds is 11. The highest BCUT2D eigenvalue weighted by molar-refractivity contribution is 5.74. The van der Waals surface area contributed by atoms with Gasteiger partial charge in [0.2, 0.25) is 0 Å². The lowest BCUT2D eigenvalue weighted by Gasteiger charge is -2.29. The molecule has 0 aliphatic heterocycles. The van der Waals surface area contributed by atoms with E-state index in [1.54, 1.807) is 0 Å². The van der Waals surface area contributed by atoms with E-state index in [0.717, 1.165) is 44.9 Å². The number of ether oxygens (including phenoxy) is 1. The van der Waals surface area contributed by atoms with Gasteiger partial charge in [0.1, 0.15) is 6.10 Å². The van der Waals surface area contributed by atoms with E-state index < -0.39 is 12.1 Å². The molecular weight excluding hydrogens is 399 g/mol. The maximum absolute atomic E-state index is 13.9. The lowest BCUT2D eigenvalue weighted by molar-refractivity contribution is -0.157. The van der Waals surface area contributed by atoms with E-state index in [2.05, 4.69) is 55.5 Å². The second-order valence-electron chi connectivity index (χ2n) is 9.30. The number of aryl methyl sites for hydroxylation is 1. The molecule has 174 valence electrons. The average Bonchev–Trinajstić information content (AvgIpc) is 2.84. The van der Waals surface area contributed by atoms with Crippen LogP contribution in [0.2, 0.25) is 0 Å². The van der Waals surface area contributed by atoms with E-state index in [1.165, 1.54) is 41.5 Å². The second-order valence-corrected chi connectivity index (χ2v) is 9.30. The van der Waals surface area contributed by atoms with Crippen molar-refractivity contribution in [3.05, 3.63) is 59.7 Å². The fourth-order valence-electron chi connectivity index (χ4n) is 4.64. The molecule has 2 nitrogen and oxygen atoms in total. The van der Waals surface area contributed by atoms with Crippen molar-refractivity contribution in [3.63, 3.8) is 0 Å². The van der Waals surface area contributed by atoms with Crippen molar-refractivity contribution in [2.75, 3.05) is 0 Å². The van der Waals surface area contributed by atoms with Crippen molar-refractivity contribution in [1.29, 1.82) is 0 Å². The summed E-state index contributed by atoms with van der Waals surface area (Å²) in [5.41, 5.74) is 5.27. The van der Waals surface area contributed by atoms with Gasteiger partial charge in [0, 0.05) is 0 Å². The molecule has 0 N–H and O–H groups in total. The van der Waals surface area contributed by atoms with E-state index in [4.69, 9.17) is 4.74 Å². The zero-order valence-corrected chi connectivity index (χ0v) is 19.8. The van der Waals surface area contributed by atoms with Gasteiger partial charge in [-0.3, -0.25) is 0 Å². The van der Waals surface area contributed by atoms with Gasteiger partial charge in [-0.1, -0.05) is 88.1 Å². The molecule has 0 amide bonds. The van der Waals surface area contributed by atoms with Crippen molar-refractivity contribution in [1.82, 2.24) is 0 Å². The summed E-state index contributed by atoms with van der Waals surface area (Å²) in [6.45, 7) is 4.24. The monoisotopic (exact) mass is 438 g/mol. The summed E-state index contributed by atoms with van der Waals surface area (Å²) in [4.78, 5) is 11.9. The smallest absolute Gasteiger partial charge is 0.340 e. The molecule has 0 radical (unpaired) electrons. The lowest BCUT2D eigenvalue weighted by atomic mass is 9.82. The maximum atomic E-state index is 13.9. The molecule has 1 atom stereocenters. The predicted octanol–water partition coefficient (Wildman–Crippen LogP) is 8.18. The molecule has 0 saturated heterocycles. The standard InChI is InChI=1S/C29H39FO2/c1-3-5-7-8-22-10-12-23(13-11-22)24-14-16-25(17-15-24)26-18-20-27(21-19-26)32-29(31)28(30)9-6-4-2/h10-17,26-28H,3-9,18-21H2,1-2H3/t26?,27?,28-/m0/s1. The Labute approximate surface area is 193 Å². The molecule has 32 heavy (non-hydrogen) atoms. The van der Waals surface area contributed by atoms with Crippen LogP contribution in [0.5, 0.6) is 0 Å². The molecule has 1 aliphatic carbocycles. The number of esters is 1. The molecule has 0 bridgehead atoms. The molecule has 0 spiro atoms. The molecule has 1 fully saturated rings. The van der Waals surface area contributed by atoms with Crippen LogP contribution in [-0.2, 0) is 16.0 Å². The van der Waals surface area contributed by atoms with Gasteiger partial charge in [-0.2, -0.15) is 0 Å². The first-order valence-corrected chi connectivity index (χ1v) is 12.6. The number of carbonyl (C=O) groups excluding carboxylic acids is 1. The van der Waals surface area contributed by atoms with Gasteiger partial charge in [0.25, 0.3) is 0 Å². The zero-order valence-electron chi connectivity index (χ0n) is 19.8. The number of hydrogen-bond acceptors (Lipinski definition) is 2. The highest BCUT2D eigenvalue weighted by Crippen LogP contribution is 2.35. The molecule has 2 aromatic rings. The number of alkyl halides is 1. The SMILES string of the molecule is CCCCCc1ccc(-c2ccc(C3CCC(OC(=O)[C@@H](F)CCCC)CC3)cc2)cc1. The van der Waals surface area contributed by atoms with E-state index in [0.29, 0.717) is 5.92 Å². The Kier molecular flexibility index (Phi) is 9.77. The van der Waals surface area contributed by atoms with Crippen LogP contribution in [0.15, 0.2) is 48.5 Å². The Hall–Kier alpha value is -2.16. The molecule has 0 heterocycles. The summed E-state index contributed by atoms with van der Waals surface area (Å²) < 4.78 is 19.3. The maximum Gasteiger partial charge on any atom is 0.340 e. The average molecular weight is 439 g/mol. The molecule has 3 rings (SSSR count). The highest BCUT2D eigenvalue weighted by Gasteiger charge is 2.27. The van der Waals surface area contributed by atoms with Crippen LogP contribution in [0.1, 0.15) is 95.1 Å². The van der Waals surface area contributed by atoms with Crippen LogP contribution in [-0.4, -0.2) is 18.2 Å². The van der Waals surface area contributed by atoms with Crippen molar-refractivity contribution in [2.45, 2.75) is 103 Å². The van der Waals surface area contributed by atoms with Gasteiger partial charge in [-0.15, -0.1) is 0 Å². The minimum atomic E-state index is -1.47. The lowest BCUT2D eigenvalue weighted by Crippen LogP contribution is -2.28. The third-order valence-corrected chi connectivity index (χ3v) is 6.76. The Balaban J connectivity index is 1.48. The van der Waals surface area contributed by atoms with Gasteiger partial charge >= 0.3 is 5.97 Å². The molecule has 2 aromatic carbocycles. The fraction of sp³-hybridized carbons (Fsp3) is 0.552. The number of hydrogen-bond donors (Lipinski definition) is 0. The quantitative estimate of drug-likeness (QED) is 0.261. The second kappa shape index (κ2) is 12.8. The molecule has 0 unspecified atom stereocenters. The molecule has 1 saturated carbocycles. The van der Waals surface area contributed by atoms with E-state index in [-0.39, 0.29) is 12.5 Å². The summed E-state index contributed by atoms with van der Waals surface area (Å²) in [6.07, 6.45) is 8.87. The van der Waals surface area contributed by atoms with Gasteiger partial charge in [-0.25, -0.2) is 9.18 Å². The topological polar surface area (TPSA) is 26.3 Å². The first-order valence-electron chi connectivity index (χ1n) is 12.6. The Bertz CT molecular complexity index is 804.